The first kappa shape index (κ1) is 25.5. The lowest BCUT2D eigenvalue weighted by Crippen LogP contribution is -2.35. The van der Waals surface area contributed by atoms with Gasteiger partial charge >= 0.3 is 0 Å². The summed E-state index contributed by atoms with van der Waals surface area (Å²) in [7, 11) is 3.83. The molecule has 196 valence electrons. The lowest BCUT2D eigenvalue weighted by Gasteiger charge is -2.27. The van der Waals surface area contributed by atoms with Gasteiger partial charge in [0, 0.05) is 25.1 Å². The van der Waals surface area contributed by atoms with Crippen LogP contribution in [0, 0.1) is 0 Å². The van der Waals surface area contributed by atoms with Crippen molar-refractivity contribution in [2.75, 3.05) is 27.2 Å². The molecule has 2 atom stereocenters. The maximum atomic E-state index is 13.4. The molecule has 0 spiro atoms. The summed E-state index contributed by atoms with van der Waals surface area (Å²) < 4.78 is 11.8. The second-order valence-electron chi connectivity index (χ2n) is 10.1. The molecule has 7 nitrogen and oxygen atoms in total. The van der Waals surface area contributed by atoms with E-state index < -0.39 is 17.7 Å². The van der Waals surface area contributed by atoms with Gasteiger partial charge in [-0.2, -0.15) is 0 Å². The number of carbonyl (C=O) groups is 2. The number of ether oxygens (including phenoxy) is 2. The molecule has 3 aromatic rings. The van der Waals surface area contributed by atoms with Crippen molar-refractivity contribution in [1.82, 2.24) is 9.80 Å². The van der Waals surface area contributed by atoms with Crippen molar-refractivity contribution in [1.29, 1.82) is 0 Å². The van der Waals surface area contributed by atoms with Crippen LogP contribution in [-0.4, -0.2) is 59.9 Å². The number of rotatable bonds is 8. The highest BCUT2D eigenvalue weighted by atomic mass is 16.5. The molecule has 38 heavy (non-hydrogen) atoms. The molecule has 5 rings (SSSR count). The predicted molar refractivity (Wildman–Crippen MR) is 145 cm³/mol. The standard InChI is InChI=1S/C31H32N2O5/c1-20-16-24-17-23(12-13-26(24)38-20)29(34)27-28(33(15-14-32(2)3)31(36)30(27)35)22-10-7-11-25(18-22)37-19-21-8-5-4-6-9-21/h4-13,17-18,20,28,34H,14-16,19H2,1-3H3/b29-27+/t20-,28+/m1/s1. The number of Topliss-reactive ketones (excluding diaryl/α,β-unsaturated/α-hetero) is 1. The van der Waals surface area contributed by atoms with Crippen molar-refractivity contribution in [2.45, 2.75) is 32.1 Å². The van der Waals surface area contributed by atoms with Gasteiger partial charge in [0.1, 0.15) is 30.0 Å². The highest BCUT2D eigenvalue weighted by Gasteiger charge is 2.46. The first-order valence-corrected chi connectivity index (χ1v) is 12.8. The SMILES string of the molecule is C[C@@H]1Cc2cc(/C(O)=C3\C(=O)C(=O)N(CCN(C)C)[C@H]3c3cccc(OCc4ccccc4)c3)ccc2O1. The van der Waals surface area contributed by atoms with Crippen LogP contribution in [0.4, 0.5) is 0 Å². The fourth-order valence-corrected chi connectivity index (χ4v) is 5.01. The fourth-order valence-electron chi connectivity index (χ4n) is 5.01. The molecular weight excluding hydrogens is 480 g/mol. The summed E-state index contributed by atoms with van der Waals surface area (Å²) in [6, 6.07) is 21.9. The van der Waals surface area contributed by atoms with Gasteiger partial charge in [0.05, 0.1) is 11.6 Å². The Hall–Kier alpha value is -4.10. The molecule has 0 aliphatic carbocycles. The number of hydrogen-bond acceptors (Lipinski definition) is 6. The van der Waals surface area contributed by atoms with E-state index in [4.69, 9.17) is 9.47 Å². The van der Waals surface area contributed by atoms with Crippen LogP contribution < -0.4 is 9.47 Å². The largest absolute Gasteiger partial charge is 0.507 e. The number of amides is 1. The van der Waals surface area contributed by atoms with Crippen molar-refractivity contribution in [3.63, 3.8) is 0 Å². The minimum atomic E-state index is -0.737. The highest BCUT2D eigenvalue weighted by molar-refractivity contribution is 6.46. The minimum absolute atomic E-state index is 0.0534. The van der Waals surface area contributed by atoms with Gasteiger partial charge in [-0.25, -0.2) is 0 Å². The van der Waals surface area contributed by atoms with Crippen molar-refractivity contribution >= 4 is 17.4 Å². The number of fused-ring (bicyclic) bond motifs is 1. The van der Waals surface area contributed by atoms with Crippen LogP contribution in [0.2, 0.25) is 0 Å². The number of likely N-dealkylation sites (tertiary alicyclic amines) is 1. The predicted octanol–water partition coefficient (Wildman–Crippen LogP) is 4.57. The maximum Gasteiger partial charge on any atom is 0.295 e. The van der Waals surface area contributed by atoms with E-state index in [0.29, 0.717) is 36.6 Å². The van der Waals surface area contributed by atoms with E-state index in [1.807, 2.05) is 92.6 Å². The lowest BCUT2D eigenvalue weighted by molar-refractivity contribution is -0.140. The van der Waals surface area contributed by atoms with E-state index in [0.717, 1.165) is 23.3 Å². The van der Waals surface area contributed by atoms with E-state index in [1.54, 1.807) is 11.0 Å². The van der Waals surface area contributed by atoms with Gasteiger partial charge < -0.3 is 24.4 Å². The number of aliphatic hydroxyl groups excluding tert-OH is 1. The molecule has 0 bridgehead atoms. The van der Waals surface area contributed by atoms with E-state index in [1.165, 1.54) is 0 Å². The molecule has 1 saturated heterocycles. The van der Waals surface area contributed by atoms with Gasteiger partial charge in [-0.15, -0.1) is 0 Å². The Morgan fingerprint density at radius 3 is 2.61 bits per heavy atom. The smallest absolute Gasteiger partial charge is 0.295 e. The number of nitrogens with zero attached hydrogens (tertiary/aromatic N) is 2. The topological polar surface area (TPSA) is 79.3 Å². The monoisotopic (exact) mass is 512 g/mol. The van der Waals surface area contributed by atoms with Crippen LogP contribution in [0.3, 0.4) is 0 Å². The molecule has 1 N–H and O–H groups in total. The quantitative estimate of drug-likeness (QED) is 0.271. The molecule has 0 radical (unpaired) electrons. The summed E-state index contributed by atoms with van der Waals surface area (Å²) in [5, 5.41) is 11.5. The zero-order valence-electron chi connectivity index (χ0n) is 21.9. The molecule has 1 amide bonds. The highest BCUT2D eigenvalue weighted by Crippen LogP contribution is 2.41. The molecular formula is C31H32N2O5. The molecule has 2 aliphatic heterocycles. The van der Waals surface area contributed by atoms with Crippen molar-refractivity contribution < 1.29 is 24.2 Å². The number of aliphatic hydroxyl groups is 1. The van der Waals surface area contributed by atoms with E-state index in [2.05, 4.69) is 0 Å². The summed E-state index contributed by atoms with van der Waals surface area (Å²) in [6.07, 6.45) is 0.773. The Balaban J connectivity index is 1.53. The third-order valence-corrected chi connectivity index (χ3v) is 6.92. The van der Waals surface area contributed by atoms with Crippen LogP contribution in [0.1, 0.15) is 35.2 Å². The molecule has 2 aliphatic rings. The summed E-state index contributed by atoms with van der Waals surface area (Å²) in [6.45, 7) is 3.29. The lowest BCUT2D eigenvalue weighted by atomic mass is 9.94. The average Bonchev–Trinajstić information content (AvgIpc) is 3.41. The minimum Gasteiger partial charge on any atom is -0.507 e. The summed E-state index contributed by atoms with van der Waals surface area (Å²) in [5.41, 5.74) is 3.28. The normalized spacial score (nSPS) is 20.1. The van der Waals surface area contributed by atoms with Crippen LogP contribution in [0.25, 0.3) is 5.76 Å². The van der Waals surface area contributed by atoms with E-state index in [-0.39, 0.29) is 17.4 Å². The molecule has 2 heterocycles. The molecule has 7 heteroatoms. The maximum absolute atomic E-state index is 13.4. The Morgan fingerprint density at radius 2 is 1.84 bits per heavy atom. The molecule has 0 aromatic heterocycles. The number of likely N-dealkylation sites (N-methyl/N-ethyl adjacent to an activating group) is 1. The molecule has 0 unspecified atom stereocenters. The van der Waals surface area contributed by atoms with Gasteiger partial charge in [-0.3, -0.25) is 9.59 Å². The Morgan fingerprint density at radius 1 is 1.05 bits per heavy atom. The van der Waals surface area contributed by atoms with E-state index in [9.17, 15) is 14.7 Å². The zero-order chi connectivity index (χ0) is 26.8. The van der Waals surface area contributed by atoms with Crippen LogP contribution in [-0.2, 0) is 22.6 Å². The van der Waals surface area contributed by atoms with E-state index >= 15 is 0 Å². The van der Waals surface area contributed by atoms with Crippen molar-refractivity contribution in [2.24, 2.45) is 0 Å². The van der Waals surface area contributed by atoms with Crippen LogP contribution in [0.15, 0.2) is 78.4 Å². The summed E-state index contributed by atoms with van der Waals surface area (Å²) in [5.74, 6) is -0.0914. The van der Waals surface area contributed by atoms with Gasteiger partial charge in [0.25, 0.3) is 11.7 Å². The first-order chi connectivity index (χ1) is 18.3. The number of ketones is 1. The summed E-state index contributed by atoms with van der Waals surface area (Å²) in [4.78, 5) is 30.1. The second kappa shape index (κ2) is 10.7. The van der Waals surface area contributed by atoms with Gasteiger partial charge in [-0.05, 0) is 68.0 Å². The fraction of sp³-hybridized carbons (Fsp3) is 0.290. The first-order valence-electron chi connectivity index (χ1n) is 12.8. The average molecular weight is 513 g/mol. The third kappa shape index (κ3) is 5.15. The molecule has 1 fully saturated rings. The second-order valence-corrected chi connectivity index (χ2v) is 10.1. The third-order valence-electron chi connectivity index (χ3n) is 6.92. The van der Waals surface area contributed by atoms with Gasteiger partial charge in [0.15, 0.2) is 0 Å². The molecule has 3 aromatic carbocycles. The Kier molecular flexibility index (Phi) is 7.20. The molecule has 0 saturated carbocycles. The zero-order valence-corrected chi connectivity index (χ0v) is 21.9. The summed E-state index contributed by atoms with van der Waals surface area (Å²) >= 11 is 0. The van der Waals surface area contributed by atoms with Crippen molar-refractivity contribution in [3.05, 3.63) is 101 Å². The van der Waals surface area contributed by atoms with Gasteiger partial charge in [-0.1, -0.05) is 42.5 Å². The van der Waals surface area contributed by atoms with Gasteiger partial charge in [0.2, 0.25) is 0 Å². The van der Waals surface area contributed by atoms with Crippen LogP contribution >= 0.6 is 0 Å². The number of hydrogen-bond donors (Lipinski definition) is 1. The Labute approximate surface area is 222 Å². The van der Waals surface area contributed by atoms with Crippen molar-refractivity contribution in [3.8, 4) is 11.5 Å². The van der Waals surface area contributed by atoms with Crippen LogP contribution in [0.5, 0.6) is 11.5 Å². The number of benzene rings is 3. The number of carbonyl (C=O) groups excluding carboxylic acids is 2. The Bertz CT molecular complexity index is 1380.